The number of esters is 1. The van der Waals surface area contributed by atoms with Crippen LogP contribution in [0.25, 0.3) is 6.08 Å². The van der Waals surface area contributed by atoms with E-state index < -0.39 is 18.5 Å². The van der Waals surface area contributed by atoms with Crippen molar-refractivity contribution in [1.82, 2.24) is 4.90 Å². The van der Waals surface area contributed by atoms with Crippen LogP contribution in [-0.2, 0) is 20.9 Å². The van der Waals surface area contributed by atoms with Gasteiger partial charge in [0.05, 0.1) is 17.0 Å². The average molecular weight is 612 g/mol. The van der Waals surface area contributed by atoms with Crippen LogP contribution in [0.1, 0.15) is 27.0 Å². The Hall–Kier alpha value is -3.44. The van der Waals surface area contributed by atoms with E-state index in [9.17, 15) is 19.2 Å². The molecule has 1 fully saturated rings. The van der Waals surface area contributed by atoms with Crippen LogP contribution >= 0.6 is 34.4 Å². The zero-order valence-electron chi connectivity index (χ0n) is 19.2. The van der Waals surface area contributed by atoms with Gasteiger partial charge in [-0.15, -0.1) is 0 Å². The maximum atomic E-state index is 12.8. The molecule has 1 aliphatic heterocycles. The van der Waals surface area contributed by atoms with Crippen molar-refractivity contribution in [3.63, 3.8) is 0 Å². The van der Waals surface area contributed by atoms with Crippen LogP contribution in [0.4, 0.5) is 10.5 Å². The SMILES string of the molecule is Cc1ccc(NC(=O)COC(=O)c2ccc(/C=C3\SC(=O)N(Cc4ccc(I)cc4)C3=O)cc2)cc1. The summed E-state index contributed by atoms with van der Waals surface area (Å²) >= 11 is 3.08. The van der Waals surface area contributed by atoms with Gasteiger partial charge in [0.25, 0.3) is 17.1 Å². The predicted molar refractivity (Wildman–Crippen MR) is 147 cm³/mol. The Morgan fingerprint density at radius 3 is 2.31 bits per heavy atom. The number of amides is 3. The number of ether oxygens (including phenoxy) is 1. The van der Waals surface area contributed by atoms with Crippen LogP contribution < -0.4 is 5.32 Å². The largest absolute Gasteiger partial charge is 0.452 e. The lowest BCUT2D eigenvalue weighted by molar-refractivity contribution is -0.123. The molecule has 9 heteroatoms. The summed E-state index contributed by atoms with van der Waals surface area (Å²) in [7, 11) is 0. The monoisotopic (exact) mass is 612 g/mol. The molecule has 1 heterocycles. The molecule has 0 aliphatic carbocycles. The Balaban J connectivity index is 1.33. The molecule has 36 heavy (non-hydrogen) atoms. The molecule has 3 aromatic rings. The Labute approximate surface area is 226 Å². The number of thioether (sulfide) groups is 1. The van der Waals surface area contributed by atoms with E-state index in [1.54, 1.807) is 42.5 Å². The van der Waals surface area contributed by atoms with Gasteiger partial charge in [0.1, 0.15) is 0 Å². The number of carbonyl (C=O) groups excluding carboxylic acids is 4. The second-order valence-electron chi connectivity index (χ2n) is 8.01. The summed E-state index contributed by atoms with van der Waals surface area (Å²) in [6.07, 6.45) is 1.61. The van der Waals surface area contributed by atoms with E-state index in [-0.39, 0.29) is 23.3 Å². The van der Waals surface area contributed by atoms with Gasteiger partial charge in [-0.1, -0.05) is 42.0 Å². The molecular formula is C27H21IN2O5S. The molecule has 0 spiro atoms. The third-order valence-electron chi connectivity index (χ3n) is 5.24. The molecule has 3 aromatic carbocycles. The number of benzene rings is 3. The molecule has 1 N–H and O–H groups in total. The molecule has 0 aromatic heterocycles. The smallest absolute Gasteiger partial charge is 0.338 e. The third-order valence-corrected chi connectivity index (χ3v) is 6.87. The highest BCUT2D eigenvalue weighted by Gasteiger charge is 2.34. The van der Waals surface area contributed by atoms with Crippen molar-refractivity contribution < 1.29 is 23.9 Å². The molecule has 7 nitrogen and oxygen atoms in total. The summed E-state index contributed by atoms with van der Waals surface area (Å²) in [5, 5.41) is 2.34. The minimum absolute atomic E-state index is 0.210. The molecule has 4 rings (SSSR count). The topological polar surface area (TPSA) is 92.8 Å². The molecule has 3 amide bonds. The molecule has 0 saturated carbocycles. The average Bonchev–Trinajstić information content (AvgIpc) is 3.13. The van der Waals surface area contributed by atoms with Gasteiger partial charge in [0.2, 0.25) is 0 Å². The maximum Gasteiger partial charge on any atom is 0.338 e. The Morgan fingerprint density at radius 1 is 0.972 bits per heavy atom. The molecule has 1 saturated heterocycles. The highest BCUT2D eigenvalue weighted by Crippen LogP contribution is 2.33. The zero-order chi connectivity index (χ0) is 25.7. The van der Waals surface area contributed by atoms with Gasteiger partial charge in [-0.3, -0.25) is 19.3 Å². The van der Waals surface area contributed by atoms with Crippen molar-refractivity contribution in [3.05, 3.63) is 104 Å². The van der Waals surface area contributed by atoms with Gasteiger partial charge in [-0.2, -0.15) is 0 Å². The number of imide groups is 1. The lowest BCUT2D eigenvalue weighted by Gasteiger charge is -2.12. The van der Waals surface area contributed by atoms with E-state index >= 15 is 0 Å². The van der Waals surface area contributed by atoms with E-state index in [1.807, 2.05) is 43.3 Å². The predicted octanol–water partition coefficient (Wildman–Crippen LogP) is 5.63. The van der Waals surface area contributed by atoms with E-state index in [0.717, 1.165) is 26.5 Å². The second-order valence-corrected chi connectivity index (χ2v) is 10.2. The van der Waals surface area contributed by atoms with Crippen LogP contribution in [0.2, 0.25) is 0 Å². The Kier molecular flexibility index (Phi) is 8.21. The Morgan fingerprint density at radius 2 is 1.64 bits per heavy atom. The number of rotatable bonds is 7. The van der Waals surface area contributed by atoms with Crippen LogP contribution in [-0.4, -0.2) is 34.5 Å². The first-order valence-corrected chi connectivity index (χ1v) is 12.8. The summed E-state index contributed by atoms with van der Waals surface area (Å²) < 4.78 is 6.16. The van der Waals surface area contributed by atoms with Crippen LogP contribution in [0.3, 0.4) is 0 Å². The fourth-order valence-corrected chi connectivity index (χ4v) is 4.52. The van der Waals surface area contributed by atoms with Gasteiger partial charge in [-0.25, -0.2) is 4.79 Å². The first-order valence-electron chi connectivity index (χ1n) is 10.9. The first kappa shape index (κ1) is 25.6. The van der Waals surface area contributed by atoms with Crippen molar-refractivity contribution in [3.8, 4) is 0 Å². The van der Waals surface area contributed by atoms with Crippen LogP contribution in [0.15, 0.2) is 77.7 Å². The maximum absolute atomic E-state index is 12.8. The van der Waals surface area contributed by atoms with E-state index in [0.29, 0.717) is 16.2 Å². The number of anilines is 1. The number of carbonyl (C=O) groups is 4. The lowest BCUT2D eigenvalue weighted by Crippen LogP contribution is -2.27. The molecule has 0 unspecified atom stereocenters. The fourth-order valence-electron chi connectivity index (χ4n) is 3.32. The highest BCUT2D eigenvalue weighted by atomic mass is 127. The van der Waals surface area contributed by atoms with Crippen molar-refractivity contribution in [1.29, 1.82) is 0 Å². The number of nitrogens with zero attached hydrogens (tertiary/aromatic N) is 1. The summed E-state index contributed by atoms with van der Waals surface area (Å²) in [4.78, 5) is 51.0. The van der Waals surface area contributed by atoms with Crippen molar-refractivity contribution >= 4 is 69.1 Å². The van der Waals surface area contributed by atoms with Crippen LogP contribution in [0.5, 0.6) is 0 Å². The van der Waals surface area contributed by atoms with Crippen molar-refractivity contribution in [2.45, 2.75) is 13.5 Å². The van der Waals surface area contributed by atoms with Gasteiger partial charge in [-0.05, 0) is 94.9 Å². The lowest BCUT2D eigenvalue weighted by atomic mass is 10.1. The normalized spacial score (nSPS) is 14.3. The summed E-state index contributed by atoms with van der Waals surface area (Å²) in [6.45, 7) is 1.74. The number of nitrogens with one attached hydrogen (secondary N) is 1. The molecular weight excluding hydrogens is 591 g/mol. The zero-order valence-corrected chi connectivity index (χ0v) is 22.2. The van der Waals surface area contributed by atoms with Gasteiger partial charge in [0, 0.05) is 9.26 Å². The molecule has 0 radical (unpaired) electrons. The Bertz CT molecular complexity index is 1340. The summed E-state index contributed by atoms with van der Waals surface area (Å²) in [6, 6.07) is 21.3. The number of halogens is 1. The van der Waals surface area contributed by atoms with Crippen LogP contribution in [0, 0.1) is 10.5 Å². The summed E-state index contributed by atoms with van der Waals surface area (Å²) in [5.74, 6) is -1.44. The fraction of sp³-hybridized carbons (Fsp3) is 0.111. The minimum atomic E-state index is -0.640. The molecule has 1 aliphatic rings. The molecule has 0 atom stereocenters. The van der Waals surface area contributed by atoms with Crippen molar-refractivity contribution in [2.75, 3.05) is 11.9 Å². The van der Waals surface area contributed by atoms with Crippen molar-refractivity contribution in [2.24, 2.45) is 0 Å². The van der Waals surface area contributed by atoms with E-state index in [1.165, 1.54) is 4.90 Å². The van der Waals surface area contributed by atoms with Gasteiger partial charge >= 0.3 is 5.97 Å². The molecule has 182 valence electrons. The van der Waals surface area contributed by atoms with E-state index in [4.69, 9.17) is 4.74 Å². The van der Waals surface area contributed by atoms with Gasteiger partial charge < -0.3 is 10.1 Å². The standard InChI is InChI=1S/C27H21IN2O5S/c1-17-2-12-22(13-3-17)29-24(31)16-35-26(33)20-8-4-18(5-9-20)14-23-25(32)30(27(34)36-23)15-19-6-10-21(28)11-7-19/h2-14H,15-16H2,1H3,(H,29,31)/b23-14-. The minimum Gasteiger partial charge on any atom is -0.452 e. The van der Waals surface area contributed by atoms with E-state index in [2.05, 4.69) is 27.9 Å². The number of hydrogen-bond acceptors (Lipinski definition) is 6. The number of hydrogen-bond donors (Lipinski definition) is 1. The van der Waals surface area contributed by atoms with Gasteiger partial charge in [0.15, 0.2) is 6.61 Å². The summed E-state index contributed by atoms with van der Waals surface area (Å²) in [5.41, 5.74) is 3.48. The molecule has 0 bridgehead atoms. The quantitative estimate of drug-likeness (QED) is 0.211. The number of aryl methyl sites for hydroxylation is 1. The second kappa shape index (κ2) is 11.5. The first-order chi connectivity index (χ1) is 17.3. The highest BCUT2D eigenvalue weighted by molar-refractivity contribution is 14.1. The third kappa shape index (κ3) is 6.61.